The van der Waals surface area contributed by atoms with E-state index in [0.717, 1.165) is 15.6 Å². The Morgan fingerprint density at radius 2 is 1.93 bits per heavy atom. The third kappa shape index (κ3) is 6.46. The minimum atomic E-state index is -0.677. The van der Waals surface area contributed by atoms with Crippen molar-refractivity contribution in [3.63, 3.8) is 0 Å². The smallest absolute Gasteiger partial charge is 0.412 e. The molecule has 6 rings (SSSR count). The molecule has 5 aromatic rings. The van der Waals surface area contributed by atoms with Crippen LogP contribution in [0.15, 0.2) is 48.9 Å². The minimum absolute atomic E-state index is 0.0534. The normalized spacial score (nSPS) is 16.2. The van der Waals surface area contributed by atoms with Gasteiger partial charge in [-0.15, -0.1) is 11.3 Å². The SMILES string of the molecule is CCOc1cnc2c(-c3nc4cc(F)c(O[C@@H]5CC[C@@H]5OC(=O)Nc5cnc(CCCO)nc5)cc4s3)cc(Cl)cc2c1. The minimum Gasteiger partial charge on any atom is -0.492 e. The summed E-state index contributed by atoms with van der Waals surface area (Å²) in [5.41, 5.74) is 2.30. The summed E-state index contributed by atoms with van der Waals surface area (Å²) in [6, 6.07) is 8.44. The van der Waals surface area contributed by atoms with Gasteiger partial charge in [0, 0.05) is 41.1 Å². The number of benzene rings is 2. The van der Waals surface area contributed by atoms with Crippen molar-refractivity contribution >= 4 is 55.8 Å². The molecule has 2 N–H and O–H groups in total. The molecule has 1 aliphatic carbocycles. The van der Waals surface area contributed by atoms with Crippen LogP contribution in [0, 0.1) is 5.82 Å². The Bertz CT molecular complexity index is 1790. The highest BCUT2D eigenvalue weighted by Crippen LogP contribution is 2.39. The van der Waals surface area contributed by atoms with Crippen LogP contribution in [0.5, 0.6) is 11.5 Å². The van der Waals surface area contributed by atoms with E-state index in [1.165, 1.54) is 29.8 Å². The molecule has 1 saturated carbocycles. The third-order valence-corrected chi connectivity index (χ3v) is 8.17. The summed E-state index contributed by atoms with van der Waals surface area (Å²) < 4.78 is 32.9. The maximum Gasteiger partial charge on any atom is 0.412 e. The Morgan fingerprint density at radius 1 is 1.12 bits per heavy atom. The summed E-state index contributed by atoms with van der Waals surface area (Å²) in [4.78, 5) is 30.0. The van der Waals surface area contributed by atoms with E-state index in [-0.39, 0.29) is 12.4 Å². The molecule has 1 fully saturated rings. The number of aryl methyl sites for hydroxylation is 1. The standard InChI is InChI=1S/C30H27ClFN5O5S/c1-2-40-19-9-16-8-17(31)10-20(28(16)35-15-19)29-37-22-11-21(32)25(12-26(22)43-29)41-23-5-6-24(23)42-30(39)36-18-13-33-27(34-14-18)4-3-7-38/h8-15,23-24,38H,2-7H2,1H3,(H,36,39)/t23-,24+/m1/s1. The number of carbonyl (C=O) groups excluding carboxylic acids is 1. The molecule has 0 saturated heterocycles. The first-order valence-electron chi connectivity index (χ1n) is 13.8. The molecule has 10 nitrogen and oxygen atoms in total. The van der Waals surface area contributed by atoms with Gasteiger partial charge in [0.1, 0.15) is 28.8 Å². The lowest BCUT2D eigenvalue weighted by Crippen LogP contribution is -2.45. The second kappa shape index (κ2) is 12.6. The number of hydrogen-bond acceptors (Lipinski definition) is 10. The average molecular weight is 624 g/mol. The van der Waals surface area contributed by atoms with Crippen molar-refractivity contribution in [3.05, 3.63) is 65.6 Å². The zero-order chi connectivity index (χ0) is 29.9. The summed E-state index contributed by atoms with van der Waals surface area (Å²) in [5.74, 6) is 0.711. The largest absolute Gasteiger partial charge is 0.492 e. The molecule has 1 amide bonds. The van der Waals surface area contributed by atoms with Crippen LogP contribution in [0.2, 0.25) is 5.02 Å². The van der Waals surface area contributed by atoms with E-state index in [0.29, 0.717) is 70.6 Å². The van der Waals surface area contributed by atoms with Crippen LogP contribution in [0.4, 0.5) is 14.9 Å². The fraction of sp³-hybridized carbons (Fsp3) is 0.300. The summed E-state index contributed by atoms with van der Waals surface area (Å²) >= 11 is 7.80. The van der Waals surface area contributed by atoms with Crippen LogP contribution >= 0.6 is 22.9 Å². The number of aliphatic hydroxyl groups is 1. The molecule has 3 aromatic heterocycles. The van der Waals surface area contributed by atoms with Crippen LogP contribution < -0.4 is 14.8 Å². The fourth-order valence-electron chi connectivity index (χ4n) is 4.68. The maximum absolute atomic E-state index is 15.1. The molecular weight excluding hydrogens is 597 g/mol. The lowest BCUT2D eigenvalue weighted by Gasteiger charge is -2.35. The van der Waals surface area contributed by atoms with Gasteiger partial charge >= 0.3 is 6.09 Å². The number of pyridine rings is 1. The van der Waals surface area contributed by atoms with E-state index in [4.69, 9.17) is 30.9 Å². The second-order valence-corrected chi connectivity index (χ2v) is 11.4. The van der Waals surface area contributed by atoms with Crippen molar-refractivity contribution in [2.24, 2.45) is 0 Å². The Labute approximate surface area is 254 Å². The van der Waals surface area contributed by atoms with Crippen LogP contribution in [0.3, 0.4) is 0 Å². The molecule has 0 radical (unpaired) electrons. The highest BCUT2D eigenvalue weighted by atomic mass is 35.5. The monoisotopic (exact) mass is 623 g/mol. The Balaban J connectivity index is 1.15. The van der Waals surface area contributed by atoms with Gasteiger partial charge in [0.2, 0.25) is 0 Å². The molecule has 2 aromatic carbocycles. The molecule has 222 valence electrons. The molecule has 0 aliphatic heterocycles. The molecule has 13 heteroatoms. The molecule has 1 aliphatic rings. The van der Waals surface area contributed by atoms with E-state index in [2.05, 4.69) is 25.3 Å². The molecule has 0 spiro atoms. The van der Waals surface area contributed by atoms with Gasteiger partial charge in [-0.1, -0.05) is 11.6 Å². The first-order chi connectivity index (χ1) is 20.9. The molecule has 43 heavy (non-hydrogen) atoms. The van der Waals surface area contributed by atoms with Gasteiger partial charge in [-0.2, -0.15) is 0 Å². The first-order valence-corrected chi connectivity index (χ1v) is 15.0. The van der Waals surface area contributed by atoms with Crippen molar-refractivity contribution in [1.29, 1.82) is 0 Å². The van der Waals surface area contributed by atoms with Crippen LogP contribution in [-0.2, 0) is 11.2 Å². The van der Waals surface area contributed by atoms with Crippen LogP contribution in [0.25, 0.3) is 31.7 Å². The number of aliphatic hydroxyl groups excluding tert-OH is 1. The van der Waals surface area contributed by atoms with Crippen molar-refractivity contribution in [3.8, 4) is 22.1 Å². The number of halogens is 2. The van der Waals surface area contributed by atoms with Crippen LogP contribution in [-0.4, -0.2) is 56.6 Å². The van der Waals surface area contributed by atoms with Gasteiger partial charge in [0.25, 0.3) is 0 Å². The number of aromatic nitrogens is 4. The second-order valence-electron chi connectivity index (χ2n) is 9.92. The van der Waals surface area contributed by atoms with Gasteiger partial charge in [0.05, 0.1) is 46.6 Å². The Kier molecular flexibility index (Phi) is 8.50. The fourth-order valence-corrected chi connectivity index (χ4v) is 5.90. The lowest BCUT2D eigenvalue weighted by atomic mass is 9.92. The van der Waals surface area contributed by atoms with E-state index >= 15 is 4.39 Å². The number of anilines is 1. The maximum atomic E-state index is 15.1. The van der Waals surface area contributed by atoms with E-state index < -0.39 is 24.1 Å². The van der Waals surface area contributed by atoms with Crippen molar-refractivity contribution in [2.45, 2.75) is 44.8 Å². The summed E-state index contributed by atoms with van der Waals surface area (Å²) in [6.45, 7) is 2.48. The number of nitrogens with zero attached hydrogens (tertiary/aromatic N) is 4. The number of ether oxygens (including phenoxy) is 3. The zero-order valence-corrected chi connectivity index (χ0v) is 24.6. The number of fused-ring (bicyclic) bond motifs is 2. The quantitative estimate of drug-likeness (QED) is 0.177. The summed E-state index contributed by atoms with van der Waals surface area (Å²) in [5, 5.41) is 13.5. The van der Waals surface area contributed by atoms with Gasteiger partial charge in [-0.25, -0.2) is 24.1 Å². The number of nitrogens with one attached hydrogen (secondary N) is 1. The molecule has 0 bridgehead atoms. The summed E-state index contributed by atoms with van der Waals surface area (Å²) in [7, 11) is 0. The zero-order valence-electron chi connectivity index (χ0n) is 23.0. The molecule has 0 unspecified atom stereocenters. The van der Waals surface area contributed by atoms with Gasteiger partial charge in [-0.05, 0) is 44.4 Å². The molecule has 2 atom stereocenters. The summed E-state index contributed by atoms with van der Waals surface area (Å²) in [6.07, 6.45) is 5.19. The predicted octanol–water partition coefficient (Wildman–Crippen LogP) is 6.58. The van der Waals surface area contributed by atoms with E-state index in [9.17, 15) is 4.79 Å². The highest BCUT2D eigenvalue weighted by molar-refractivity contribution is 7.21. The van der Waals surface area contributed by atoms with Gasteiger partial charge in [-0.3, -0.25) is 10.3 Å². The van der Waals surface area contributed by atoms with Gasteiger partial charge in [0.15, 0.2) is 11.6 Å². The van der Waals surface area contributed by atoms with Gasteiger partial charge < -0.3 is 19.3 Å². The first kappa shape index (κ1) is 29.0. The topological polar surface area (TPSA) is 129 Å². The predicted molar refractivity (Wildman–Crippen MR) is 161 cm³/mol. The number of amides is 1. The van der Waals surface area contributed by atoms with Crippen LogP contribution in [0.1, 0.15) is 32.0 Å². The van der Waals surface area contributed by atoms with Crippen molar-refractivity contribution < 1.29 is 28.5 Å². The highest BCUT2D eigenvalue weighted by Gasteiger charge is 2.37. The van der Waals surface area contributed by atoms with E-state index in [1.54, 1.807) is 18.3 Å². The lowest BCUT2D eigenvalue weighted by molar-refractivity contribution is -0.0431. The Morgan fingerprint density at radius 3 is 2.67 bits per heavy atom. The number of thiazole rings is 1. The molecular formula is C30H27ClFN5O5S. The molecule has 3 heterocycles. The average Bonchev–Trinajstić information content (AvgIpc) is 3.39. The van der Waals surface area contributed by atoms with E-state index in [1.807, 2.05) is 19.1 Å². The van der Waals surface area contributed by atoms with Crippen molar-refractivity contribution in [1.82, 2.24) is 19.9 Å². The number of rotatable bonds is 10. The number of carbonyl (C=O) groups is 1. The third-order valence-electron chi connectivity index (χ3n) is 6.90. The number of hydrogen-bond donors (Lipinski definition) is 2. The Hall–Kier alpha value is -4.13. The van der Waals surface area contributed by atoms with Crippen molar-refractivity contribution in [2.75, 3.05) is 18.5 Å².